The molecule has 0 bridgehead atoms. The van der Waals surface area contributed by atoms with Crippen LogP contribution in [-0.2, 0) is 14.6 Å². The Morgan fingerprint density at radius 3 is 2.72 bits per heavy atom. The van der Waals surface area contributed by atoms with Crippen LogP contribution in [0.3, 0.4) is 0 Å². The molecule has 32 heavy (non-hydrogen) atoms. The number of aromatic nitrogens is 4. The first-order valence-electron chi connectivity index (χ1n) is 9.56. The quantitative estimate of drug-likeness (QED) is 0.368. The number of hydrogen-bond donors (Lipinski definition) is 0. The van der Waals surface area contributed by atoms with Crippen LogP contribution in [0, 0.1) is 0 Å². The van der Waals surface area contributed by atoms with Crippen LogP contribution in [0.4, 0.5) is 0 Å². The van der Waals surface area contributed by atoms with Crippen molar-refractivity contribution in [1.82, 2.24) is 24.6 Å². The van der Waals surface area contributed by atoms with E-state index in [0.717, 1.165) is 32.4 Å². The summed E-state index contributed by atoms with van der Waals surface area (Å²) in [4.78, 5) is 18.2. The third-order valence-electron chi connectivity index (χ3n) is 4.90. The molecule has 164 valence electrons. The summed E-state index contributed by atoms with van der Waals surface area (Å²) in [5.74, 6) is 1.53. The normalized spacial score (nSPS) is 16.7. The molecule has 1 saturated heterocycles. The van der Waals surface area contributed by atoms with Crippen LogP contribution in [0.1, 0.15) is 11.2 Å². The maximum absolute atomic E-state index is 11.9. The van der Waals surface area contributed by atoms with Crippen molar-refractivity contribution in [2.24, 2.45) is 0 Å². The fraction of sp³-hybridized carbons (Fsp3) is 0.200. The summed E-state index contributed by atoms with van der Waals surface area (Å²) >= 11 is 4.43. The molecular weight excluding hydrogens is 487 g/mol. The largest absolute Gasteiger partial charge is 0.325 e. The Kier molecular flexibility index (Phi) is 5.70. The van der Waals surface area contributed by atoms with Crippen LogP contribution in [0.15, 0.2) is 62.9 Å². The molecule has 2 aromatic heterocycles. The van der Waals surface area contributed by atoms with Gasteiger partial charge in [0.15, 0.2) is 20.0 Å². The van der Waals surface area contributed by atoms with Gasteiger partial charge in [-0.2, -0.15) is 0 Å². The zero-order chi connectivity index (χ0) is 22.3. The van der Waals surface area contributed by atoms with E-state index in [0.29, 0.717) is 17.5 Å². The van der Waals surface area contributed by atoms with Gasteiger partial charge >= 0.3 is 0 Å². The van der Waals surface area contributed by atoms with E-state index in [2.05, 4.69) is 15.2 Å². The third-order valence-corrected chi connectivity index (χ3v) is 9.25. The van der Waals surface area contributed by atoms with Crippen molar-refractivity contribution in [1.29, 1.82) is 0 Å². The van der Waals surface area contributed by atoms with Gasteiger partial charge in [0.1, 0.15) is 5.37 Å². The monoisotopic (exact) mass is 503 g/mol. The Morgan fingerprint density at radius 1 is 1.16 bits per heavy atom. The number of para-hydroxylation sites is 1. The van der Waals surface area contributed by atoms with Crippen molar-refractivity contribution in [3.63, 3.8) is 0 Å². The molecule has 0 aliphatic carbocycles. The number of rotatable bonds is 6. The van der Waals surface area contributed by atoms with Gasteiger partial charge in [-0.15, -0.1) is 33.3 Å². The van der Waals surface area contributed by atoms with Gasteiger partial charge < -0.3 is 4.90 Å². The van der Waals surface area contributed by atoms with E-state index in [9.17, 15) is 13.2 Å². The number of carbonyl (C=O) groups is 1. The molecule has 1 fully saturated rings. The highest BCUT2D eigenvalue weighted by molar-refractivity contribution is 8.01. The molecule has 3 heterocycles. The Labute approximate surface area is 197 Å². The van der Waals surface area contributed by atoms with E-state index >= 15 is 0 Å². The number of sulfone groups is 1. The summed E-state index contributed by atoms with van der Waals surface area (Å²) in [6.07, 6.45) is 2.05. The SMILES string of the molecule is CS(=O)(=O)c1ccc2nc(Sc3nnc(C4SCCN4C=O)n3-c3ccccc3)sc2c1. The Morgan fingerprint density at radius 2 is 1.97 bits per heavy atom. The molecule has 2 aromatic carbocycles. The minimum absolute atomic E-state index is 0.206. The van der Waals surface area contributed by atoms with Crippen LogP contribution in [0.2, 0.25) is 0 Å². The lowest BCUT2D eigenvalue weighted by atomic mass is 10.3. The van der Waals surface area contributed by atoms with Crippen LogP contribution in [-0.4, -0.2) is 58.0 Å². The summed E-state index contributed by atoms with van der Waals surface area (Å²) in [7, 11) is -3.29. The number of benzene rings is 2. The van der Waals surface area contributed by atoms with Crippen molar-refractivity contribution in [3.05, 3.63) is 54.4 Å². The molecule has 12 heteroatoms. The lowest BCUT2D eigenvalue weighted by Gasteiger charge is -2.19. The third kappa shape index (κ3) is 4.03. The maximum atomic E-state index is 11.9. The van der Waals surface area contributed by atoms with Gasteiger partial charge in [0.05, 0.1) is 15.1 Å². The Hall–Kier alpha value is -2.41. The summed E-state index contributed by atoms with van der Waals surface area (Å²) in [5.41, 5.74) is 1.63. The molecular formula is C20H17N5O3S4. The smallest absolute Gasteiger partial charge is 0.211 e. The zero-order valence-electron chi connectivity index (χ0n) is 16.8. The van der Waals surface area contributed by atoms with Crippen LogP contribution in [0.25, 0.3) is 15.9 Å². The first-order valence-corrected chi connectivity index (χ1v) is 14.1. The van der Waals surface area contributed by atoms with E-state index in [1.165, 1.54) is 29.4 Å². The van der Waals surface area contributed by atoms with Gasteiger partial charge in [0.2, 0.25) is 11.6 Å². The standard InChI is InChI=1S/C20H17N5O3S4/c1-32(27,28)14-7-8-15-16(11-14)30-20(21-15)31-19-23-22-17(18-24(12-26)9-10-29-18)25(19)13-5-3-2-4-6-13/h2-8,11-12,18H,9-10H2,1H3. The van der Waals surface area contributed by atoms with Crippen molar-refractivity contribution in [3.8, 4) is 5.69 Å². The number of thioether (sulfide) groups is 1. The molecule has 0 saturated carbocycles. The number of amides is 1. The molecule has 8 nitrogen and oxygen atoms in total. The molecule has 4 aromatic rings. The van der Waals surface area contributed by atoms with E-state index in [1.54, 1.807) is 34.9 Å². The van der Waals surface area contributed by atoms with Crippen molar-refractivity contribution < 1.29 is 13.2 Å². The molecule has 1 unspecified atom stereocenters. The average molecular weight is 504 g/mol. The van der Waals surface area contributed by atoms with Crippen molar-refractivity contribution >= 4 is 61.3 Å². The molecule has 5 rings (SSSR count). The fourth-order valence-electron chi connectivity index (χ4n) is 3.38. The molecule has 0 N–H and O–H groups in total. The Balaban J connectivity index is 1.56. The minimum Gasteiger partial charge on any atom is -0.325 e. The first kappa shape index (κ1) is 21.4. The highest BCUT2D eigenvalue weighted by Crippen LogP contribution is 2.40. The van der Waals surface area contributed by atoms with Crippen molar-refractivity contribution in [2.45, 2.75) is 19.8 Å². The molecule has 1 aliphatic rings. The lowest BCUT2D eigenvalue weighted by molar-refractivity contribution is -0.118. The van der Waals surface area contributed by atoms with Crippen LogP contribution >= 0.6 is 34.9 Å². The average Bonchev–Trinajstić information content (AvgIpc) is 3.50. The number of carbonyl (C=O) groups excluding carboxylic acids is 1. The number of fused-ring (bicyclic) bond motifs is 1. The van der Waals surface area contributed by atoms with E-state index in [4.69, 9.17) is 0 Å². The molecule has 1 aliphatic heterocycles. The van der Waals surface area contributed by atoms with Gasteiger partial charge in [-0.25, -0.2) is 13.4 Å². The predicted molar refractivity (Wildman–Crippen MR) is 126 cm³/mol. The van der Waals surface area contributed by atoms with E-state index < -0.39 is 9.84 Å². The lowest BCUT2D eigenvalue weighted by Crippen LogP contribution is -2.23. The van der Waals surface area contributed by atoms with Gasteiger partial charge in [-0.3, -0.25) is 9.36 Å². The molecule has 1 atom stereocenters. The first-order chi connectivity index (χ1) is 15.4. The van der Waals surface area contributed by atoms with Gasteiger partial charge in [0, 0.05) is 24.2 Å². The van der Waals surface area contributed by atoms with Crippen LogP contribution < -0.4 is 0 Å². The summed E-state index contributed by atoms with van der Waals surface area (Å²) in [6.45, 7) is 0.670. The van der Waals surface area contributed by atoms with Gasteiger partial charge in [-0.1, -0.05) is 18.2 Å². The highest BCUT2D eigenvalue weighted by Gasteiger charge is 2.32. The summed E-state index contributed by atoms with van der Waals surface area (Å²) in [5, 5.41) is 9.28. The molecule has 0 radical (unpaired) electrons. The highest BCUT2D eigenvalue weighted by atomic mass is 32.2. The predicted octanol–water partition coefficient (Wildman–Crippen LogP) is 3.64. The fourth-order valence-corrected chi connectivity index (χ4v) is 7.35. The molecule has 1 amide bonds. The summed E-state index contributed by atoms with van der Waals surface area (Å²) in [6, 6.07) is 14.7. The van der Waals surface area contributed by atoms with Crippen molar-refractivity contribution in [2.75, 3.05) is 18.6 Å². The van der Waals surface area contributed by atoms with E-state index in [-0.39, 0.29) is 10.3 Å². The maximum Gasteiger partial charge on any atom is 0.211 e. The topological polar surface area (TPSA) is 98.1 Å². The second-order valence-electron chi connectivity index (χ2n) is 7.06. The number of nitrogens with zero attached hydrogens (tertiary/aromatic N) is 5. The second kappa shape index (κ2) is 8.50. The van der Waals surface area contributed by atoms with Gasteiger partial charge in [-0.05, 0) is 42.1 Å². The van der Waals surface area contributed by atoms with Gasteiger partial charge in [0.25, 0.3) is 0 Å². The van der Waals surface area contributed by atoms with Crippen LogP contribution in [0.5, 0.6) is 0 Å². The Bertz CT molecular complexity index is 1400. The zero-order valence-corrected chi connectivity index (χ0v) is 20.0. The minimum atomic E-state index is -3.29. The number of hydrogen-bond acceptors (Lipinski definition) is 9. The van der Waals surface area contributed by atoms with E-state index in [1.807, 2.05) is 34.9 Å². The molecule has 0 spiro atoms. The number of thiazole rings is 1. The second-order valence-corrected chi connectivity index (χ2v) is 12.5. The summed E-state index contributed by atoms with van der Waals surface area (Å²) < 4.78 is 27.2.